The number of para-hydroxylation sites is 1. The minimum Gasteiger partial charge on any atom is -0.342 e. The van der Waals surface area contributed by atoms with Crippen LogP contribution in [-0.4, -0.2) is 22.4 Å². The number of imide groups is 2. The van der Waals surface area contributed by atoms with E-state index in [1.807, 2.05) is 48.7 Å². The average molecular weight is 492 g/mol. The van der Waals surface area contributed by atoms with Crippen LogP contribution in [0.2, 0.25) is 0 Å². The highest BCUT2D eigenvalue weighted by Gasteiger charge is 2.37. The highest BCUT2D eigenvalue weighted by atomic mass is 16.2. The molecule has 1 aliphatic heterocycles. The summed E-state index contributed by atoms with van der Waals surface area (Å²) in [5.74, 6) is -0.965. The Hall–Kier alpha value is -4.45. The van der Waals surface area contributed by atoms with E-state index < -0.39 is 17.8 Å². The number of urea groups is 1. The molecule has 0 aliphatic carbocycles. The van der Waals surface area contributed by atoms with Crippen LogP contribution in [0.4, 0.5) is 10.5 Å². The number of aromatic nitrogens is 1. The molecule has 0 spiro atoms. The molecule has 5 rings (SSSR count). The predicted molar refractivity (Wildman–Crippen MR) is 146 cm³/mol. The second-order valence-electron chi connectivity index (χ2n) is 9.58. The van der Waals surface area contributed by atoms with Gasteiger partial charge in [0.05, 0.1) is 5.69 Å². The number of anilines is 1. The third-order valence-electron chi connectivity index (χ3n) is 6.99. The standard InChI is InChI=1S/C31H29N3O3/c1-4-21(3)23-12-14-25(15-13-23)34-30(36)27(29(35)32-31(34)37)17-24-19-33(28-11-6-5-10-26(24)28)18-22-9-7-8-20(2)16-22/h5-17,19,21H,4,18H2,1-3H3,(H,32,35,37)/b27-17-. The number of hydrogen-bond acceptors (Lipinski definition) is 3. The number of amides is 4. The maximum Gasteiger partial charge on any atom is 0.335 e. The van der Waals surface area contributed by atoms with Crippen LogP contribution in [0.15, 0.2) is 84.6 Å². The molecule has 2 heterocycles. The summed E-state index contributed by atoms with van der Waals surface area (Å²) in [4.78, 5) is 40.0. The number of aryl methyl sites for hydroxylation is 1. The summed E-state index contributed by atoms with van der Waals surface area (Å²) in [6, 6.07) is 22.8. The summed E-state index contributed by atoms with van der Waals surface area (Å²) in [5.41, 5.74) is 5.55. The Balaban J connectivity index is 1.52. The highest BCUT2D eigenvalue weighted by Crippen LogP contribution is 2.28. The summed E-state index contributed by atoms with van der Waals surface area (Å²) in [6.45, 7) is 6.95. The van der Waals surface area contributed by atoms with Crippen molar-refractivity contribution in [2.45, 2.75) is 39.7 Å². The van der Waals surface area contributed by atoms with Crippen LogP contribution >= 0.6 is 0 Å². The molecule has 1 aromatic heterocycles. The Labute approximate surface area is 216 Å². The summed E-state index contributed by atoms with van der Waals surface area (Å²) in [6.07, 6.45) is 4.52. The minimum absolute atomic E-state index is 0.0796. The van der Waals surface area contributed by atoms with Crippen molar-refractivity contribution < 1.29 is 14.4 Å². The van der Waals surface area contributed by atoms with Gasteiger partial charge in [0, 0.05) is 29.2 Å². The van der Waals surface area contributed by atoms with E-state index in [2.05, 4.69) is 48.9 Å². The van der Waals surface area contributed by atoms with Gasteiger partial charge >= 0.3 is 6.03 Å². The van der Waals surface area contributed by atoms with Gasteiger partial charge < -0.3 is 4.57 Å². The van der Waals surface area contributed by atoms with Crippen LogP contribution in [0.25, 0.3) is 17.0 Å². The van der Waals surface area contributed by atoms with Crippen LogP contribution in [0.1, 0.15) is 48.4 Å². The molecule has 1 unspecified atom stereocenters. The topological polar surface area (TPSA) is 71.4 Å². The van der Waals surface area contributed by atoms with Crippen molar-refractivity contribution in [3.05, 3.63) is 107 Å². The molecule has 0 bridgehead atoms. The van der Waals surface area contributed by atoms with Crippen molar-refractivity contribution in [2.24, 2.45) is 0 Å². The molecule has 0 saturated carbocycles. The van der Waals surface area contributed by atoms with E-state index in [0.717, 1.165) is 38.9 Å². The first-order valence-corrected chi connectivity index (χ1v) is 12.5. The molecular weight excluding hydrogens is 462 g/mol. The van der Waals surface area contributed by atoms with Crippen LogP contribution in [-0.2, 0) is 16.1 Å². The fraction of sp³-hybridized carbons (Fsp3) is 0.194. The first-order chi connectivity index (χ1) is 17.9. The fourth-order valence-electron chi connectivity index (χ4n) is 4.76. The lowest BCUT2D eigenvalue weighted by Gasteiger charge is -2.26. The number of carbonyl (C=O) groups is 3. The molecule has 37 heavy (non-hydrogen) atoms. The largest absolute Gasteiger partial charge is 0.342 e. The van der Waals surface area contributed by atoms with Crippen LogP contribution in [0, 0.1) is 6.92 Å². The number of nitrogens with zero attached hydrogens (tertiary/aromatic N) is 2. The molecule has 1 saturated heterocycles. The van der Waals surface area contributed by atoms with Gasteiger partial charge in [-0.3, -0.25) is 14.9 Å². The summed E-state index contributed by atoms with van der Waals surface area (Å²) in [5, 5.41) is 3.25. The van der Waals surface area contributed by atoms with Crippen LogP contribution in [0.3, 0.4) is 0 Å². The van der Waals surface area contributed by atoms with Crippen molar-refractivity contribution in [2.75, 3.05) is 4.90 Å². The molecule has 6 nitrogen and oxygen atoms in total. The van der Waals surface area contributed by atoms with Gasteiger partial charge in [-0.2, -0.15) is 0 Å². The van der Waals surface area contributed by atoms with Crippen molar-refractivity contribution in [1.29, 1.82) is 0 Å². The Morgan fingerprint density at radius 2 is 1.70 bits per heavy atom. The van der Waals surface area contributed by atoms with Gasteiger partial charge in [0.1, 0.15) is 5.57 Å². The van der Waals surface area contributed by atoms with E-state index in [1.54, 1.807) is 18.2 Å². The van der Waals surface area contributed by atoms with Gasteiger partial charge in [0.2, 0.25) is 0 Å². The van der Waals surface area contributed by atoms with Crippen molar-refractivity contribution in [1.82, 2.24) is 9.88 Å². The van der Waals surface area contributed by atoms with E-state index in [1.165, 1.54) is 5.56 Å². The smallest absolute Gasteiger partial charge is 0.335 e. The summed E-state index contributed by atoms with van der Waals surface area (Å²) >= 11 is 0. The molecular formula is C31H29N3O3. The van der Waals surface area contributed by atoms with E-state index in [4.69, 9.17) is 0 Å². The molecule has 0 radical (unpaired) electrons. The Morgan fingerprint density at radius 3 is 2.43 bits per heavy atom. The van der Waals surface area contributed by atoms with Crippen molar-refractivity contribution in [3.8, 4) is 0 Å². The van der Waals surface area contributed by atoms with Gasteiger partial charge in [0.25, 0.3) is 11.8 Å². The molecule has 1 atom stereocenters. The highest BCUT2D eigenvalue weighted by molar-refractivity contribution is 6.39. The van der Waals surface area contributed by atoms with Crippen molar-refractivity contribution >= 4 is 40.5 Å². The van der Waals surface area contributed by atoms with Gasteiger partial charge in [0.15, 0.2) is 0 Å². The molecule has 1 fully saturated rings. The first-order valence-electron chi connectivity index (χ1n) is 12.5. The van der Waals surface area contributed by atoms with Gasteiger partial charge in [-0.25, -0.2) is 9.69 Å². The molecule has 4 amide bonds. The second-order valence-corrected chi connectivity index (χ2v) is 9.58. The number of barbiturate groups is 1. The van der Waals surface area contributed by atoms with E-state index in [9.17, 15) is 14.4 Å². The predicted octanol–water partition coefficient (Wildman–Crippen LogP) is 6.18. The zero-order chi connectivity index (χ0) is 26.1. The molecule has 4 aromatic rings. The lowest BCUT2D eigenvalue weighted by Crippen LogP contribution is -2.54. The average Bonchev–Trinajstić information content (AvgIpc) is 3.23. The number of carbonyl (C=O) groups excluding carboxylic acids is 3. The van der Waals surface area contributed by atoms with E-state index in [-0.39, 0.29) is 5.57 Å². The number of nitrogens with one attached hydrogen (secondary N) is 1. The SMILES string of the molecule is CCC(C)c1ccc(N2C(=O)NC(=O)/C(=C/c3cn(Cc4cccc(C)c4)c4ccccc34)C2=O)cc1. The van der Waals surface area contributed by atoms with Gasteiger partial charge in [-0.15, -0.1) is 0 Å². The zero-order valence-electron chi connectivity index (χ0n) is 21.2. The molecule has 1 N–H and O–H groups in total. The minimum atomic E-state index is -0.745. The Bertz CT molecular complexity index is 1550. The third-order valence-corrected chi connectivity index (χ3v) is 6.99. The summed E-state index contributed by atoms with van der Waals surface area (Å²) in [7, 11) is 0. The fourth-order valence-corrected chi connectivity index (χ4v) is 4.76. The van der Waals surface area contributed by atoms with Crippen LogP contribution < -0.4 is 10.2 Å². The Kier molecular flexibility index (Phi) is 6.49. The third kappa shape index (κ3) is 4.70. The normalized spacial score (nSPS) is 15.9. The summed E-state index contributed by atoms with van der Waals surface area (Å²) < 4.78 is 2.11. The number of rotatable bonds is 6. The van der Waals surface area contributed by atoms with E-state index in [0.29, 0.717) is 18.2 Å². The maximum absolute atomic E-state index is 13.5. The molecule has 6 heteroatoms. The maximum atomic E-state index is 13.5. The number of hydrogen-bond donors (Lipinski definition) is 1. The second kappa shape index (κ2) is 9.90. The number of fused-ring (bicyclic) bond motifs is 1. The monoisotopic (exact) mass is 491 g/mol. The van der Waals surface area contributed by atoms with Crippen molar-refractivity contribution in [3.63, 3.8) is 0 Å². The zero-order valence-corrected chi connectivity index (χ0v) is 21.2. The number of benzene rings is 3. The van der Waals surface area contributed by atoms with Crippen LogP contribution in [0.5, 0.6) is 0 Å². The quantitative estimate of drug-likeness (QED) is 0.259. The van der Waals surface area contributed by atoms with Gasteiger partial charge in [-0.05, 0) is 54.7 Å². The Morgan fingerprint density at radius 1 is 0.946 bits per heavy atom. The van der Waals surface area contributed by atoms with E-state index >= 15 is 0 Å². The molecule has 3 aromatic carbocycles. The molecule has 1 aliphatic rings. The lowest BCUT2D eigenvalue weighted by atomic mass is 9.98. The van der Waals surface area contributed by atoms with Gasteiger partial charge in [-0.1, -0.05) is 74.0 Å². The molecule has 186 valence electrons. The lowest BCUT2D eigenvalue weighted by molar-refractivity contribution is -0.122. The first kappa shape index (κ1) is 24.3.